The third-order valence-electron chi connectivity index (χ3n) is 8.38. The number of benzene rings is 1. The third-order valence-corrected chi connectivity index (χ3v) is 8.38. The van der Waals surface area contributed by atoms with E-state index in [1.807, 2.05) is 47.6 Å². The number of ether oxygens (including phenoxy) is 1. The quantitative estimate of drug-likeness (QED) is 0.368. The summed E-state index contributed by atoms with van der Waals surface area (Å²) in [5.41, 5.74) is 5.87. The van der Waals surface area contributed by atoms with E-state index in [0.29, 0.717) is 31.1 Å². The highest BCUT2D eigenvalue weighted by Gasteiger charge is 2.27. The molecule has 214 valence electrons. The molecule has 2 atom stereocenters. The Morgan fingerprint density at radius 2 is 1.83 bits per heavy atom. The first kappa shape index (κ1) is 28.4. The number of allylic oxidation sites excluding steroid dienone is 5. The molecule has 0 aliphatic carbocycles. The molecule has 1 fully saturated rings. The first-order valence-corrected chi connectivity index (χ1v) is 14.6. The Hall–Kier alpha value is -4.13. The van der Waals surface area contributed by atoms with Crippen molar-refractivity contribution in [2.24, 2.45) is 5.92 Å². The van der Waals surface area contributed by atoms with Gasteiger partial charge in [-0.3, -0.25) is 9.78 Å². The average molecular weight is 553 g/mol. The van der Waals surface area contributed by atoms with Crippen LogP contribution < -0.4 is 4.90 Å². The van der Waals surface area contributed by atoms with E-state index in [-0.39, 0.29) is 17.8 Å². The van der Waals surface area contributed by atoms with Crippen molar-refractivity contribution < 1.29 is 14.3 Å². The van der Waals surface area contributed by atoms with Crippen molar-refractivity contribution in [3.63, 3.8) is 0 Å². The lowest BCUT2D eigenvalue weighted by molar-refractivity contribution is -0.127. The number of pyridine rings is 1. The number of piperazine rings is 1. The molecule has 7 heteroatoms. The largest absolute Gasteiger partial charge is 0.465 e. The Kier molecular flexibility index (Phi) is 8.72. The zero-order valence-corrected chi connectivity index (χ0v) is 24.5. The molecule has 3 aromatic rings. The van der Waals surface area contributed by atoms with E-state index in [1.165, 1.54) is 18.4 Å². The summed E-state index contributed by atoms with van der Waals surface area (Å²) in [6.45, 7) is 9.90. The molecule has 41 heavy (non-hydrogen) atoms. The second kappa shape index (κ2) is 12.6. The maximum absolute atomic E-state index is 14.2. The van der Waals surface area contributed by atoms with Crippen LogP contribution in [0.3, 0.4) is 0 Å². The fourth-order valence-electron chi connectivity index (χ4n) is 5.99. The molecule has 4 heterocycles. The van der Waals surface area contributed by atoms with Gasteiger partial charge in [0.05, 0.1) is 19.2 Å². The van der Waals surface area contributed by atoms with Crippen LogP contribution in [0.4, 0.5) is 5.69 Å². The van der Waals surface area contributed by atoms with Gasteiger partial charge in [-0.25, -0.2) is 4.79 Å². The monoisotopic (exact) mass is 552 g/mol. The van der Waals surface area contributed by atoms with Crippen molar-refractivity contribution in [2.45, 2.75) is 46.1 Å². The Morgan fingerprint density at radius 3 is 2.54 bits per heavy atom. The van der Waals surface area contributed by atoms with Crippen LogP contribution in [0.15, 0.2) is 78.7 Å². The lowest BCUT2D eigenvalue weighted by Crippen LogP contribution is -2.49. The molecule has 5 rings (SSSR count). The van der Waals surface area contributed by atoms with E-state index in [1.54, 1.807) is 0 Å². The normalized spacial score (nSPS) is 21.3. The van der Waals surface area contributed by atoms with Crippen molar-refractivity contribution >= 4 is 28.5 Å². The molecule has 0 saturated carbocycles. The van der Waals surface area contributed by atoms with Gasteiger partial charge in [0, 0.05) is 72.9 Å². The van der Waals surface area contributed by atoms with Gasteiger partial charge in [-0.2, -0.15) is 0 Å². The average Bonchev–Trinajstić information content (AvgIpc) is 3.30. The van der Waals surface area contributed by atoms with Crippen molar-refractivity contribution in [3.05, 3.63) is 95.5 Å². The number of hydrogen-bond acceptors (Lipinski definition) is 5. The molecule has 0 N–H and O–H groups in total. The third kappa shape index (κ3) is 5.99. The van der Waals surface area contributed by atoms with Crippen LogP contribution in [-0.4, -0.2) is 59.6 Å². The number of anilines is 1. The standard InChI is InChI=1S/C34H40N4O3/c1-5-25(3)32-29-12-11-26(34(40)41-4)22-31(29)38-23-27(21-24(2)9-7-6-8-10-30(32)38)33(39)37-19-17-36(18-20-37)28-13-15-35-16-14-28/h6-9,11-16,21-22,24-25H,5,10,17-20,23H2,1-4H3/b8-6-,9-7-,27-21+. The van der Waals surface area contributed by atoms with Crippen LogP contribution in [0.2, 0.25) is 0 Å². The molecule has 1 aromatic carbocycles. The van der Waals surface area contributed by atoms with E-state index in [4.69, 9.17) is 4.74 Å². The first-order valence-electron chi connectivity index (χ1n) is 14.6. The summed E-state index contributed by atoms with van der Waals surface area (Å²) < 4.78 is 7.32. The smallest absolute Gasteiger partial charge is 0.337 e. The molecular weight excluding hydrogens is 512 g/mol. The molecule has 2 aliphatic rings. The molecule has 7 nitrogen and oxygen atoms in total. The van der Waals surface area contributed by atoms with E-state index >= 15 is 0 Å². The number of methoxy groups -OCH3 is 1. The molecule has 2 aromatic heterocycles. The van der Waals surface area contributed by atoms with Gasteiger partial charge < -0.3 is 19.1 Å². The van der Waals surface area contributed by atoms with Gasteiger partial charge in [-0.1, -0.05) is 57.2 Å². The van der Waals surface area contributed by atoms with Gasteiger partial charge in [0.2, 0.25) is 0 Å². The number of hydrogen-bond donors (Lipinski definition) is 0. The minimum atomic E-state index is -0.360. The van der Waals surface area contributed by atoms with Gasteiger partial charge in [-0.15, -0.1) is 0 Å². The highest BCUT2D eigenvalue weighted by Crippen LogP contribution is 2.36. The summed E-state index contributed by atoms with van der Waals surface area (Å²) >= 11 is 0. The minimum absolute atomic E-state index is 0.0776. The van der Waals surface area contributed by atoms with Crippen molar-refractivity contribution in [3.8, 4) is 0 Å². The summed E-state index contributed by atoms with van der Waals surface area (Å²) in [6.07, 6.45) is 16.0. The van der Waals surface area contributed by atoms with E-state index in [9.17, 15) is 9.59 Å². The number of rotatable bonds is 5. The zero-order valence-electron chi connectivity index (χ0n) is 24.5. The Balaban J connectivity index is 1.55. The zero-order chi connectivity index (χ0) is 28.9. The summed E-state index contributed by atoms with van der Waals surface area (Å²) in [6, 6.07) is 9.86. The molecule has 0 bridgehead atoms. The van der Waals surface area contributed by atoms with Crippen LogP contribution in [0, 0.1) is 5.92 Å². The topological polar surface area (TPSA) is 67.7 Å². The van der Waals surface area contributed by atoms with E-state index in [0.717, 1.165) is 48.1 Å². The number of nitrogens with zero attached hydrogens (tertiary/aromatic N) is 4. The number of amides is 1. The summed E-state index contributed by atoms with van der Waals surface area (Å²) in [5.74, 6) is 0.143. The van der Waals surface area contributed by atoms with Crippen LogP contribution in [0.5, 0.6) is 0 Å². The Bertz CT molecular complexity index is 1490. The van der Waals surface area contributed by atoms with E-state index in [2.05, 4.69) is 65.6 Å². The molecule has 1 amide bonds. The predicted molar refractivity (Wildman–Crippen MR) is 164 cm³/mol. The maximum atomic E-state index is 14.2. The van der Waals surface area contributed by atoms with Crippen LogP contribution >= 0.6 is 0 Å². The number of carbonyl (C=O) groups is 2. The number of carbonyl (C=O) groups excluding carboxylic acids is 2. The van der Waals surface area contributed by atoms with Crippen LogP contribution in [0.1, 0.15) is 54.7 Å². The fraction of sp³-hybridized carbons (Fsp3) is 0.382. The second-order valence-electron chi connectivity index (χ2n) is 11.0. The lowest BCUT2D eigenvalue weighted by Gasteiger charge is -2.36. The summed E-state index contributed by atoms with van der Waals surface area (Å²) in [4.78, 5) is 35.1. The predicted octanol–water partition coefficient (Wildman–Crippen LogP) is 5.92. The summed E-state index contributed by atoms with van der Waals surface area (Å²) in [5, 5.41) is 1.13. The molecule has 2 unspecified atom stereocenters. The van der Waals surface area contributed by atoms with Gasteiger partial charge in [0.15, 0.2) is 0 Å². The van der Waals surface area contributed by atoms with Gasteiger partial charge in [0.25, 0.3) is 5.91 Å². The lowest BCUT2D eigenvalue weighted by atomic mass is 9.94. The number of esters is 1. The Labute approximate surface area is 242 Å². The molecule has 0 spiro atoms. The van der Waals surface area contributed by atoms with Gasteiger partial charge in [0.1, 0.15) is 0 Å². The van der Waals surface area contributed by atoms with Crippen LogP contribution in [0.25, 0.3) is 10.9 Å². The number of aromatic nitrogens is 2. The molecule has 2 aliphatic heterocycles. The highest BCUT2D eigenvalue weighted by molar-refractivity contribution is 5.97. The van der Waals surface area contributed by atoms with E-state index < -0.39 is 0 Å². The molecular formula is C34H40N4O3. The maximum Gasteiger partial charge on any atom is 0.337 e. The number of fused-ring (bicyclic) bond motifs is 3. The van der Waals surface area contributed by atoms with Crippen molar-refractivity contribution in [2.75, 3.05) is 38.2 Å². The molecule has 0 radical (unpaired) electrons. The SMILES string of the molecule is CCC(C)c1c2n(c3cc(C(=O)OC)ccc13)C/C(C(=O)N1CCN(c3ccncc3)CC1)=C\C(C)/C=C\C=C/C2. The summed E-state index contributed by atoms with van der Waals surface area (Å²) in [7, 11) is 1.41. The first-order chi connectivity index (χ1) is 19.9. The second-order valence-corrected chi connectivity index (χ2v) is 11.0. The van der Waals surface area contributed by atoms with Crippen molar-refractivity contribution in [1.82, 2.24) is 14.5 Å². The van der Waals surface area contributed by atoms with Gasteiger partial charge in [-0.05, 0) is 48.1 Å². The highest BCUT2D eigenvalue weighted by atomic mass is 16.5. The van der Waals surface area contributed by atoms with Crippen LogP contribution in [-0.2, 0) is 22.5 Å². The Morgan fingerprint density at radius 1 is 1.07 bits per heavy atom. The van der Waals surface area contributed by atoms with Gasteiger partial charge >= 0.3 is 5.97 Å². The molecule has 1 saturated heterocycles. The van der Waals surface area contributed by atoms with Crippen molar-refractivity contribution in [1.29, 1.82) is 0 Å². The minimum Gasteiger partial charge on any atom is -0.465 e. The fourth-order valence-corrected chi connectivity index (χ4v) is 5.99.